The third-order valence-electron chi connectivity index (χ3n) is 2.39. The summed E-state index contributed by atoms with van der Waals surface area (Å²) in [5, 5.41) is 2.92. The van der Waals surface area contributed by atoms with Crippen LogP contribution in [0.25, 0.3) is 0 Å². The van der Waals surface area contributed by atoms with Crippen molar-refractivity contribution in [3.05, 3.63) is 29.8 Å². The summed E-state index contributed by atoms with van der Waals surface area (Å²) in [6.07, 6.45) is 0. The first kappa shape index (κ1) is 13.5. The zero-order valence-corrected chi connectivity index (χ0v) is 10.9. The number of ketones is 2. The normalized spacial score (nSPS) is 10.1. The van der Waals surface area contributed by atoms with E-state index in [1.54, 1.807) is 0 Å². The summed E-state index contributed by atoms with van der Waals surface area (Å²) in [5.41, 5.74) is 1.92. The highest BCUT2D eigenvalue weighted by atomic mass is 32.1. The van der Waals surface area contributed by atoms with Crippen molar-refractivity contribution in [1.29, 1.82) is 0 Å². The summed E-state index contributed by atoms with van der Waals surface area (Å²) >= 11 is 5.09. The van der Waals surface area contributed by atoms with E-state index in [9.17, 15) is 9.59 Å². The second kappa shape index (κ2) is 5.68. The lowest BCUT2D eigenvalue weighted by Crippen LogP contribution is -2.32. The fourth-order valence-corrected chi connectivity index (χ4v) is 1.96. The minimum atomic E-state index is -0.841. The number of nitrogens with one attached hydrogen (secondary N) is 1. The van der Waals surface area contributed by atoms with Gasteiger partial charge in [-0.1, -0.05) is 29.9 Å². The Morgan fingerprint density at radius 1 is 1.12 bits per heavy atom. The van der Waals surface area contributed by atoms with E-state index < -0.39 is 5.92 Å². The average Bonchev–Trinajstić information content (AvgIpc) is 2.20. The van der Waals surface area contributed by atoms with Gasteiger partial charge in [0.05, 0.1) is 4.99 Å². The van der Waals surface area contributed by atoms with Crippen molar-refractivity contribution in [3.8, 4) is 0 Å². The van der Waals surface area contributed by atoms with Gasteiger partial charge in [0.25, 0.3) is 0 Å². The quantitative estimate of drug-likeness (QED) is 0.658. The van der Waals surface area contributed by atoms with Crippen molar-refractivity contribution in [2.24, 2.45) is 5.92 Å². The topological polar surface area (TPSA) is 46.2 Å². The summed E-state index contributed by atoms with van der Waals surface area (Å²) in [6, 6.07) is 7.58. The highest BCUT2D eigenvalue weighted by molar-refractivity contribution is 7.80. The summed E-state index contributed by atoms with van der Waals surface area (Å²) < 4.78 is 0. The van der Waals surface area contributed by atoms with Gasteiger partial charge in [0, 0.05) is 5.69 Å². The van der Waals surface area contributed by atoms with E-state index in [0.717, 1.165) is 11.3 Å². The third-order valence-corrected chi connectivity index (χ3v) is 2.73. The first-order valence-electron chi connectivity index (χ1n) is 5.30. The smallest absolute Gasteiger partial charge is 0.147 e. The molecule has 0 amide bonds. The molecular weight excluding hydrogens is 234 g/mol. The lowest BCUT2D eigenvalue weighted by molar-refractivity contribution is -0.127. The lowest BCUT2D eigenvalue weighted by Gasteiger charge is -2.14. The first-order chi connectivity index (χ1) is 7.91. The number of hydrogen-bond acceptors (Lipinski definition) is 3. The van der Waals surface area contributed by atoms with Crippen LogP contribution in [0.4, 0.5) is 5.69 Å². The number of thiocarbonyl (C=S) groups is 1. The molecule has 1 aromatic carbocycles. The monoisotopic (exact) mass is 249 g/mol. The Bertz CT molecular complexity index is 437. The van der Waals surface area contributed by atoms with Gasteiger partial charge in [-0.25, -0.2) is 0 Å². The van der Waals surface area contributed by atoms with Crippen LogP contribution in [0, 0.1) is 12.8 Å². The van der Waals surface area contributed by atoms with Crippen molar-refractivity contribution in [3.63, 3.8) is 0 Å². The highest BCUT2D eigenvalue weighted by Crippen LogP contribution is 2.12. The van der Waals surface area contributed by atoms with Crippen LogP contribution in [0.3, 0.4) is 0 Å². The Morgan fingerprint density at radius 3 is 2.00 bits per heavy atom. The summed E-state index contributed by atoms with van der Waals surface area (Å²) in [6.45, 7) is 4.72. The molecule has 0 aromatic heterocycles. The van der Waals surface area contributed by atoms with Crippen LogP contribution in [0.2, 0.25) is 0 Å². The van der Waals surface area contributed by atoms with Gasteiger partial charge >= 0.3 is 0 Å². The van der Waals surface area contributed by atoms with E-state index in [4.69, 9.17) is 12.2 Å². The number of hydrogen-bond donors (Lipinski definition) is 1. The van der Waals surface area contributed by atoms with Gasteiger partial charge in [0.1, 0.15) is 17.5 Å². The van der Waals surface area contributed by atoms with Crippen molar-refractivity contribution >= 4 is 34.5 Å². The van der Waals surface area contributed by atoms with E-state index in [1.807, 2.05) is 31.2 Å². The predicted molar refractivity (Wildman–Crippen MR) is 72.3 cm³/mol. The minimum absolute atomic E-state index is 0.234. The first-order valence-corrected chi connectivity index (χ1v) is 5.71. The Balaban J connectivity index is 2.80. The van der Waals surface area contributed by atoms with Crippen LogP contribution >= 0.6 is 12.2 Å². The van der Waals surface area contributed by atoms with Gasteiger partial charge in [-0.05, 0) is 32.9 Å². The van der Waals surface area contributed by atoms with Gasteiger partial charge in [0.2, 0.25) is 0 Å². The van der Waals surface area contributed by atoms with Gasteiger partial charge < -0.3 is 5.32 Å². The van der Waals surface area contributed by atoms with Gasteiger partial charge in [0.15, 0.2) is 0 Å². The van der Waals surface area contributed by atoms with Crippen molar-refractivity contribution < 1.29 is 9.59 Å². The van der Waals surface area contributed by atoms with Crippen LogP contribution in [0.5, 0.6) is 0 Å². The highest BCUT2D eigenvalue weighted by Gasteiger charge is 2.24. The molecule has 0 radical (unpaired) electrons. The number of carbonyl (C=O) groups is 2. The number of carbonyl (C=O) groups excluding carboxylic acids is 2. The van der Waals surface area contributed by atoms with E-state index in [0.29, 0.717) is 0 Å². The lowest BCUT2D eigenvalue weighted by atomic mass is 10.0. The van der Waals surface area contributed by atoms with Gasteiger partial charge in [-0.2, -0.15) is 0 Å². The fourth-order valence-electron chi connectivity index (χ4n) is 1.51. The summed E-state index contributed by atoms with van der Waals surface area (Å²) in [5.74, 6) is -1.31. The van der Waals surface area contributed by atoms with Gasteiger partial charge in [-0.15, -0.1) is 0 Å². The maximum absolute atomic E-state index is 11.3. The maximum atomic E-state index is 11.3. The van der Waals surface area contributed by atoms with E-state index in [1.165, 1.54) is 13.8 Å². The molecule has 1 N–H and O–H groups in total. The molecule has 1 rings (SSSR count). The van der Waals surface area contributed by atoms with Crippen LogP contribution in [0.15, 0.2) is 24.3 Å². The van der Waals surface area contributed by atoms with E-state index >= 15 is 0 Å². The summed E-state index contributed by atoms with van der Waals surface area (Å²) in [7, 11) is 0. The second-order valence-corrected chi connectivity index (χ2v) is 4.45. The van der Waals surface area contributed by atoms with E-state index in [-0.39, 0.29) is 16.6 Å². The standard InChI is InChI=1S/C13H15NO2S/c1-8-4-6-11(7-5-8)14-13(17)12(9(2)15)10(3)16/h4-7,12H,1-3H3,(H,14,17). The number of aryl methyl sites for hydroxylation is 1. The molecule has 0 saturated carbocycles. The Hall–Kier alpha value is -1.55. The Morgan fingerprint density at radius 2 is 1.59 bits per heavy atom. The average molecular weight is 249 g/mol. The largest absolute Gasteiger partial charge is 0.349 e. The predicted octanol–water partition coefficient (Wildman–Crippen LogP) is 2.53. The molecule has 0 aliphatic carbocycles. The molecule has 0 heterocycles. The Kier molecular flexibility index (Phi) is 4.52. The van der Waals surface area contributed by atoms with Crippen LogP contribution in [0.1, 0.15) is 19.4 Å². The number of benzene rings is 1. The zero-order valence-electron chi connectivity index (χ0n) is 10.1. The molecule has 0 saturated heterocycles. The molecule has 1 aromatic rings. The van der Waals surface area contributed by atoms with E-state index in [2.05, 4.69) is 5.32 Å². The molecule has 90 valence electrons. The van der Waals surface area contributed by atoms with Crippen molar-refractivity contribution in [2.75, 3.05) is 5.32 Å². The third kappa shape index (κ3) is 3.75. The SMILES string of the molecule is CC(=O)C(C(C)=O)C(=S)Nc1ccc(C)cc1. The fraction of sp³-hybridized carbons (Fsp3) is 0.308. The molecule has 0 fully saturated rings. The number of anilines is 1. The molecule has 0 aliphatic heterocycles. The minimum Gasteiger partial charge on any atom is -0.349 e. The van der Waals surface area contributed by atoms with Crippen LogP contribution in [-0.2, 0) is 9.59 Å². The molecule has 0 aliphatic rings. The molecule has 17 heavy (non-hydrogen) atoms. The molecular formula is C13H15NO2S. The summed E-state index contributed by atoms with van der Waals surface area (Å²) in [4.78, 5) is 22.9. The number of rotatable bonds is 4. The van der Waals surface area contributed by atoms with Crippen molar-refractivity contribution in [2.45, 2.75) is 20.8 Å². The molecule has 0 spiro atoms. The second-order valence-electron chi connectivity index (χ2n) is 4.01. The number of Topliss-reactive ketones (excluding diaryl/α,β-unsaturated/α-hetero) is 2. The maximum Gasteiger partial charge on any atom is 0.147 e. The zero-order chi connectivity index (χ0) is 13.0. The van der Waals surface area contributed by atoms with Crippen molar-refractivity contribution in [1.82, 2.24) is 0 Å². The molecule has 3 nitrogen and oxygen atoms in total. The molecule has 0 bridgehead atoms. The van der Waals surface area contributed by atoms with Crippen LogP contribution in [-0.4, -0.2) is 16.6 Å². The Labute approximate surface area is 106 Å². The molecule has 4 heteroatoms. The molecule has 0 atom stereocenters. The molecule has 0 unspecified atom stereocenters. The van der Waals surface area contributed by atoms with Crippen LogP contribution < -0.4 is 5.32 Å². The van der Waals surface area contributed by atoms with Gasteiger partial charge in [-0.3, -0.25) is 9.59 Å².